The third kappa shape index (κ3) is 4.89. The lowest BCUT2D eigenvalue weighted by atomic mass is 10.2. The minimum Gasteiger partial charge on any atom is -0.490 e. The van der Waals surface area contributed by atoms with Gasteiger partial charge in [-0.2, -0.15) is 0 Å². The fourth-order valence-corrected chi connectivity index (χ4v) is 2.64. The van der Waals surface area contributed by atoms with Gasteiger partial charge in [0, 0.05) is 6.07 Å². The topological polar surface area (TPSA) is 18.5 Å². The number of benzene rings is 1. The SMILES string of the molecule is CC(C)(C)[Si](C)(C)OCCOc1cc(F)ccc1Br. The lowest BCUT2D eigenvalue weighted by molar-refractivity contribution is 0.202. The minimum atomic E-state index is -1.73. The van der Waals surface area contributed by atoms with E-state index in [9.17, 15) is 4.39 Å². The predicted molar refractivity (Wildman–Crippen MR) is 82.7 cm³/mol. The van der Waals surface area contributed by atoms with E-state index in [1.807, 2.05) is 0 Å². The van der Waals surface area contributed by atoms with E-state index >= 15 is 0 Å². The molecule has 0 aromatic heterocycles. The van der Waals surface area contributed by atoms with Gasteiger partial charge in [-0.1, -0.05) is 20.8 Å². The Kier molecular flexibility index (Phi) is 5.59. The van der Waals surface area contributed by atoms with Gasteiger partial charge in [-0.15, -0.1) is 0 Å². The Balaban J connectivity index is 2.45. The van der Waals surface area contributed by atoms with Crippen LogP contribution in [0.5, 0.6) is 5.75 Å². The van der Waals surface area contributed by atoms with E-state index in [4.69, 9.17) is 9.16 Å². The van der Waals surface area contributed by atoms with Crippen molar-refractivity contribution in [3.05, 3.63) is 28.5 Å². The smallest absolute Gasteiger partial charge is 0.192 e. The molecule has 0 saturated carbocycles. The maximum Gasteiger partial charge on any atom is 0.192 e. The van der Waals surface area contributed by atoms with Crippen LogP contribution in [-0.2, 0) is 4.43 Å². The Labute approximate surface area is 124 Å². The molecule has 0 heterocycles. The standard InChI is InChI=1S/C14H22BrFO2Si/c1-14(2,3)19(4,5)18-9-8-17-13-10-11(16)6-7-12(13)15/h6-7,10H,8-9H2,1-5H3. The quantitative estimate of drug-likeness (QED) is 0.551. The first-order chi connectivity index (χ1) is 8.63. The molecular weight excluding hydrogens is 327 g/mol. The molecule has 0 spiro atoms. The first-order valence-corrected chi connectivity index (χ1v) is 10.1. The fourth-order valence-electron chi connectivity index (χ4n) is 1.25. The summed E-state index contributed by atoms with van der Waals surface area (Å²) >= 11 is 3.33. The summed E-state index contributed by atoms with van der Waals surface area (Å²) in [7, 11) is -1.73. The normalized spacial score (nSPS) is 12.6. The zero-order valence-electron chi connectivity index (χ0n) is 12.2. The fraction of sp³-hybridized carbons (Fsp3) is 0.571. The van der Waals surface area contributed by atoms with E-state index in [1.54, 1.807) is 6.07 Å². The van der Waals surface area contributed by atoms with Crippen molar-refractivity contribution in [2.24, 2.45) is 0 Å². The number of hydrogen-bond acceptors (Lipinski definition) is 2. The molecule has 0 aliphatic rings. The van der Waals surface area contributed by atoms with Crippen LogP contribution in [0, 0.1) is 5.82 Å². The molecule has 0 N–H and O–H groups in total. The van der Waals surface area contributed by atoms with Gasteiger partial charge in [0.2, 0.25) is 0 Å². The molecule has 0 aliphatic heterocycles. The van der Waals surface area contributed by atoms with E-state index < -0.39 is 8.32 Å². The summed E-state index contributed by atoms with van der Waals surface area (Å²) in [6, 6.07) is 4.40. The van der Waals surface area contributed by atoms with Crippen LogP contribution in [0.3, 0.4) is 0 Å². The molecule has 0 unspecified atom stereocenters. The molecule has 1 aromatic carbocycles. The number of ether oxygens (including phenoxy) is 1. The molecule has 5 heteroatoms. The van der Waals surface area contributed by atoms with Crippen molar-refractivity contribution in [2.75, 3.05) is 13.2 Å². The minimum absolute atomic E-state index is 0.187. The second-order valence-electron chi connectivity index (χ2n) is 6.03. The summed E-state index contributed by atoms with van der Waals surface area (Å²) in [6.07, 6.45) is 0. The molecule has 0 saturated heterocycles. The van der Waals surface area contributed by atoms with Crippen LogP contribution in [0.25, 0.3) is 0 Å². The third-order valence-electron chi connectivity index (χ3n) is 3.50. The van der Waals surface area contributed by atoms with Gasteiger partial charge in [-0.05, 0) is 46.2 Å². The molecule has 19 heavy (non-hydrogen) atoms. The largest absolute Gasteiger partial charge is 0.490 e. The summed E-state index contributed by atoms with van der Waals surface area (Å²) in [5.74, 6) is 0.211. The van der Waals surface area contributed by atoms with Gasteiger partial charge in [0.15, 0.2) is 8.32 Å². The predicted octanol–water partition coefficient (Wildman–Crippen LogP) is 4.99. The van der Waals surface area contributed by atoms with Crippen LogP contribution < -0.4 is 4.74 Å². The average Bonchev–Trinajstić information content (AvgIpc) is 2.27. The molecule has 0 bridgehead atoms. The number of halogens is 2. The van der Waals surface area contributed by atoms with Crippen LogP contribution in [0.4, 0.5) is 4.39 Å². The highest BCUT2D eigenvalue weighted by atomic mass is 79.9. The van der Waals surface area contributed by atoms with Gasteiger partial charge in [0.05, 0.1) is 11.1 Å². The maximum absolute atomic E-state index is 13.1. The molecule has 1 rings (SSSR count). The molecule has 1 aromatic rings. The third-order valence-corrected chi connectivity index (χ3v) is 8.70. The van der Waals surface area contributed by atoms with Crippen LogP contribution in [0.1, 0.15) is 20.8 Å². The first kappa shape index (κ1) is 16.7. The van der Waals surface area contributed by atoms with Crippen LogP contribution in [0.15, 0.2) is 22.7 Å². The van der Waals surface area contributed by atoms with E-state index in [2.05, 4.69) is 49.8 Å². The lowest BCUT2D eigenvalue weighted by Crippen LogP contribution is -2.41. The molecule has 0 aliphatic carbocycles. The van der Waals surface area contributed by atoms with E-state index in [-0.39, 0.29) is 10.9 Å². The Hall–Kier alpha value is -0.393. The Morgan fingerprint density at radius 1 is 1.21 bits per heavy atom. The maximum atomic E-state index is 13.1. The van der Waals surface area contributed by atoms with Crippen molar-refractivity contribution >= 4 is 24.2 Å². The van der Waals surface area contributed by atoms with Crippen molar-refractivity contribution in [1.82, 2.24) is 0 Å². The second kappa shape index (κ2) is 6.37. The van der Waals surface area contributed by atoms with E-state index in [0.29, 0.717) is 19.0 Å². The molecule has 0 amide bonds. The van der Waals surface area contributed by atoms with Crippen molar-refractivity contribution in [3.8, 4) is 5.75 Å². The highest BCUT2D eigenvalue weighted by Crippen LogP contribution is 2.36. The van der Waals surface area contributed by atoms with Crippen LogP contribution in [0.2, 0.25) is 18.1 Å². The number of rotatable bonds is 5. The monoisotopic (exact) mass is 348 g/mol. The van der Waals surface area contributed by atoms with E-state index in [0.717, 1.165) is 4.47 Å². The Bertz CT molecular complexity index is 430. The van der Waals surface area contributed by atoms with Gasteiger partial charge in [0.1, 0.15) is 18.2 Å². The molecule has 108 valence electrons. The summed E-state index contributed by atoms with van der Waals surface area (Å²) in [4.78, 5) is 0. The Morgan fingerprint density at radius 3 is 2.42 bits per heavy atom. The highest BCUT2D eigenvalue weighted by molar-refractivity contribution is 9.10. The van der Waals surface area contributed by atoms with Gasteiger partial charge in [-0.3, -0.25) is 0 Å². The van der Waals surface area contributed by atoms with Crippen LogP contribution in [-0.4, -0.2) is 21.5 Å². The summed E-state index contributed by atoms with van der Waals surface area (Å²) < 4.78 is 25.4. The zero-order chi connectivity index (χ0) is 14.7. The van der Waals surface area contributed by atoms with Crippen LogP contribution >= 0.6 is 15.9 Å². The summed E-state index contributed by atoms with van der Waals surface area (Å²) in [5, 5.41) is 0.187. The van der Waals surface area contributed by atoms with Crippen molar-refractivity contribution in [3.63, 3.8) is 0 Å². The first-order valence-electron chi connectivity index (χ1n) is 6.35. The summed E-state index contributed by atoms with van der Waals surface area (Å²) in [5.41, 5.74) is 0. The highest BCUT2D eigenvalue weighted by Gasteiger charge is 2.36. The van der Waals surface area contributed by atoms with E-state index in [1.165, 1.54) is 12.1 Å². The molecular formula is C14H22BrFO2Si. The lowest BCUT2D eigenvalue weighted by Gasteiger charge is -2.36. The average molecular weight is 349 g/mol. The molecule has 2 nitrogen and oxygen atoms in total. The molecule has 0 atom stereocenters. The number of hydrogen-bond donors (Lipinski definition) is 0. The van der Waals surface area contributed by atoms with Gasteiger partial charge in [-0.25, -0.2) is 4.39 Å². The van der Waals surface area contributed by atoms with Gasteiger partial charge in [0.25, 0.3) is 0 Å². The van der Waals surface area contributed by atoms with Gasteiger partial charge >= 0.3 is 0 Å². The Morgan fingerprint density at radius 2 is 1.84 bits per heavy atom. The van der Waals surface area contributed by atoms with Crippen molar-refractivity contribution in [1.29, 1.82) is 0 Å². The summed E-state index contributed by atoms with van der Waals surface area (Å²) in [6.45, 7) is 11.9. The molecule has 0 fully saturated rings. The zero-order valence-corrected chi connectivity index (χ0v) is 14.8. The van der Waals surface area contributed by atoms with Crippen molar-refractivity contribution < 1.29 is 13.6 Å². The molecule has 0 radical (unpaired) electrons. The van der Waals surface area contributed by atoms with Gasteiger partial charge < -0.3 is 9.16 Å². The second-order valence-corrected chi connectivity index (χ2v) is 11.7. The van der Waals surface area contributed by atoms with Crippen molar-refractivity contribution in [2.45, 2.75) is 38.9 Å².